The number of nitrogens with zero attached hydrogens (tertiary/aromatic N) is 1. The van der Waals surface area contributed by atoms with E-state index in [2.05, 4.69) is 15.5 Å². The molecule has 0 spiro atoms. The van der Waals surface area contributed by atoms with Gasteiger partial charge in [-0.15, -0.1) is 0 Å². The molecule has 1 aliphatic rings. The molecule has 1 aromatic carbocycles. The van der Waals surface area contributed by atoms with Crippen molar-refractivity contribution in [1.82, 2.24) is 15.5 Å². The summed E-state index contributed by atoms with van der Waals surface area (Å²) in [5.41, 5.74) is 1.68. The summed E-state index contributed by atoms with van der Waals surface area (Å²) in [6.45, 7) is 7.36. The highest BCUT2D eigenvalue weighted by Crippen LogP contribution is 2.03. The molecule has 0 bridgehead atoms. The second-order valence-electron chi connectivity index (χ2n) is 5.39. The number of morpholine rings is 1. The third kappa shape index (κ3) is 5.71. The van der Waals surface area contributed by atoms with Gasteiger partial charge in [-0.05, 0) is 44.2 Å². The number of ether oxygens (including phenoxy) is 1. The molecular formula is C16H23N3O2S. The van der Waals surface area contributed by atoms with Crippen molar-refractivity contribution in [2.24, 2.45) is 0 Å². The van der Waals surface area contributed by atoms with Crippen LogP contribution in [0.4, 0.5) is 0 Å². The maximum atomic E-state index is 12.0. The maximum absolute atomic E-state index is 12.0. The predicted molar refractivity (Wildman–Crippen MR) is 91.1 cm³/mol. The SMILES string of the molecule is Cc1cccc(C(=O)NC(=S)NCCCN2CCOCC2)c1. The number of hydrogen-bond acceptors (Lipinski definition) is 4. The Labute approximate surface area is 137 Å². The Hall–Kier alpha value is -1.50. The summed E-state index contributed by atoms with van der Waals surface area (Å²) in [6.07, 6.45) is 0.987. The number of benzene rings is 1. The van der Waals surface area contributed by atoms with Gasteiger partial charge in [0.05, 0.1) is 13.2 Å². The van der Waals surface area contributed by atoms with Gasteiger partial charge >= 0.3 is 0 Å². The van der Waals surface area contributed by atoms with Gasteiger partial charge in [-0.25, -0.2) is 0 Å². The van der Waals surface area contributed by atoms with E-state index in [0.29, 0.717) is 10.7 Å². The summed E-state index contributed by atoms with van der Waals surface area (Å²) in [6, 6.07) is 7.45. The minimum atomic E-state index is -0.172. The standard InChI is InChI=1S/C16H23N3O2S/c1-13-4-2-5-14(12-13)15(20)18-16(22)17-6-3-7-19-8-10-21-11-9-19/h2,4-5,12H,3,6-11H2,1H3,(H2,17,18,20,22). The molecule has 0 unspecified atom stereocenters. The lowest BCUT2D eigenvalue weighted by Crippen LogP contribution is -2.41. The Morgan fingerprint density at radius 3 is 2.86 bits per heavy atom. The van der Waals surface area contributed by atoms with Crippen LogP contribution in [0.25, 0.3) is 0 Å². The molecule has 0 aliphatic carbocycles. The van der Waals surface area contributed by atoms with Crippen molar-refractivity contribution in [1.29, 1.82) is 0 Å². The fourth-order valence-corrected chi connectivity index (χ4v) is 2.53. The number of aryl methyl sites for hydroxylation is 1. The van der Waals surface area contributed by atoms with Gasteiger partial charge in [-0.3, -0.25) is 15.0 Å². The van der Waals surface area contributed by atoms with Crippen LogP contribution in [0.5, 0.6) is 0 Å². The highest BCUT2D eigenvalue weighted by atomic mass is 32.1. The largest absolute Gasteiger partial charge is 0.379 e. The first-order chi connectivity index (χ1) is 10.6. The normalized spacial score (nSPS) is 15.3. The van der Waals surface area contributed by atoms with Crippen molar-refractivity contribution in [3.63, 3.8) is 0 Å². The fourth-order valence-electron chi connectivity index (χ4n) is 2.34. The zero-order chi connectivity index (χ0) is 15.8. The highest BCUT2D eigenvalue weighted by molar-refractivity contribution is 7.80. The molecule has 6 heteroatoms. The number of thiocarbonyl (C=S) groups is 1. The van der Waals surface area contributed by atoms with Crippen molar-refractivity contribution < 1.29 is 9.53 Å². The third-order valence-electron chi connectivity index (χ3n) is 3.55. The molecule has 0 radical (unpaired) electrons. The van der Waals surface area contributed by atoms with Gasteiger partial charge in [0.15, 0.2) is 5.11 Å². The van der Waals surface area contributed by atoms with E-state index in [1.807, 2.05) is 25.1 Å². The predicted octanol–water partition coefficient (Wildman–Crippen LogP) is 1.32. The number of carbonyl (C=O) groups excluding carboxylic acids is 1. The molecule has 1 fully saturated rings. The van der Waals surface area contributed by atoms with Crippen molar-refractivity contribution in [2.75, 3.05) is 39.4 Å². The third-order valence-corrected chi connectivity index (χ3v) is 3.79. The van der Waals surface area contributed by atoms with E-state index in [0.717, 1.165) is 51.4 Å². The van der Waals surface area contributed by atoms with Gasteiger partial charge in [0.1, 0.15) is 0 Å². The molecule has 2 N–H and O–H groups in total. The zero-order valence-electron chi connectivity index (χ0n) is 12.9. The Balaban J connectivity index is 1.64. The molecule has 1 saturated heterocycles. The molecule has 1 heterocycles. The molecule has 2 rings (SSSR count). The lowest BCUT2D eigenvalue weighted by molar-refractivity contribution is 0.0376. The number of rotatable bonds is 5. The maximum Gasteiger partial charge on any atom is 0.257 e. The van der Waals surface area contributed by atoms with Crippen LogP contribution in [0.15, 0.2) is 24.3 Å². The first-order valence-corrected chi connectivity index (χ1v) is 8.02. The summed E-state index contributed by atoms with van der Waals surface area (Å²) in [5, 5.41) is 6.17. The molecule has 5 nitrogen and oxygen atoms in total. The van der Waals surface area contributed by atoms with Crippen LogP contribution in [0.2, 0.25) is 0 Å². The van der Waals surface area contributed by atoms with Gasteiger partial charge in [0.25, 0.3) is 5.91 Å². The molecule has 1 aromatic rings. The van der Waals surface area contributed by atoms with Crippen LogP contribution in [-0.4, -0.2) is 55.3 Å². The van der Waals surface area contributed by atoms with E-state index in [4.69, 9.17) is 17.0 Å². The van der Waals surface area contributed by atoms with Crippen molar-refractivity contribution in [3.05, 3.63) is 35.4 Å². The van der Waals surface area contributed by atoms with E-state index in [9.17, 15) is 4.79 Å². The number of hydrogen-bond donors (Lipinski definition) is 2. The van der Waals surface area contributed by atoms with Gasteiger partial charge in [-0.1, -0.05) is 17.7 Å². The zero-order valence-corrected chi connectivity index (χ0v) is 13.7. The Kier molecular flexibility index (Phi) is 6.76. The van der Waals surface area contributed by atoms with Gasteiger partial charge < -0.3 is 10.1 Å². The van der Waals surface area contributed by atoms with Crippen LogP contribution < -0.4 is 10.6 Å². The van der Waals surface area contributed by atoms with Crippen LogP contribution in [0, 0.1) is 6.92 Å². The minimum Gasteiger partial charge on any atom is -0.379 e. The van der Waals surface area contributed by atoms with Crippen LogP contribution in [0.3, 0.4) is 0 Å². The quantitative estimate of drug-likeness (QED) is 0.633. The molecule has 0 saturated carbocycles. The van der Waals surface area contributed by atoms with Gasteiger partial charge in [-0.2, -0.15) is 0 Å². The summed E-state index contributed by atoms with van der Waals surface area (Å²) < 4.78 is 5.31. The summed E-state index contributed by atoms with van der Waals surface area (Å²) >= 11 is 5.16. The smallest absolute Gasteiger partial charge is 0.257 e. The summed E-state index contributed by atoms with van der Waals surface area (Å²) in [4.78, 5) is 14.4. The second-order valence-corrected chi connectivity index (χ2v) is 5.80. The van der Waals surface area contributed by atoms with Gasteiger partial charge in [0, 0.05) is 25.2 Å². The summed E-state index contributed by atoms with van der Waals surface area (Å²) in [7, 11) is 0. The average Bonchev–Trinajstić information content (AvgIpc) is 2.52. The summed E-state index contributed by atoms with van der Waals surface area (Å²) in [5.74, 6) is -0.172. The number of amides is 1. The lowest BCUT2D eigenvalue weighted by Gasteiger charge is -2.26. The molecule has 1 amide bonds. The van der Waals surface area contributed by atoms with E-state index in [1.54, 1.807) is 6.07 Å². The van der Waals surface area contributed by atoms with E-state index >= 15 is 0 Å². The highest BCUT2D eigenvalue weighted by Gasteiger charge is 2.10. The first-order valence-electron chi connectivity index (χ1n) is 7.61. The molecule has 120 valence electrons. The minimum absolute atomic E-state index is 0.172. The van der Waals surface area contributed by atoms with Crippen LogP contribution in [0.1, 0.15) is 22.3 Å². The van der Waals surface area contributed by atoms with Crippen LogP contribution in [-0.2, 0) is 4.74 Å². The van der Waals surface area contributed by atoms with Crippen molar-refractivity contribution in [3.8, 4) is 0 Å². The number of carbonyl (C=O) groups is 1. The lowest BCUT2D eigenvalue weighted by atomic mass is 10.1. The first kappa shape index (κ1) is 16.9. The Bertz CT molecular complexity index is 516. The monoisotopic (exact) mass is 321 g/mol. The molecule has 0 aromatic heterocycles. The average molecular weight is 321 g/mol. The number of nitrogens with one attached hydrogen (secondary N) is 2. The van der Waals surface area contributed by atoms with Crippen molar-refractivity contribution >= 4 is 23.2 Å². The molecular weight excluding hydrogens is 298 g/mol. The van der Waals surface area contributed by atoms with Crippen molar-refractivity contribution in [2.45, 2.75) is 13.3 Å². The molecule has 1 aliphatic heterocycles. The topological polar surface area (TPSA) is 53.6 Å². The van der Waals surface area contributed by atoms with E-state index in [-0.39, 0.29) is 5.91 Å². The van der Waals surface area contributed by atoms with E-state index in [1.165, 1.54) is 0 Å². The second kappa shape index (κ2) is 8.82. The molecule has 0 atom stereocenters. The Morgan fingerprint density at radius 2 is 2.14 bits per heavy atom. The van der Waals surface area contributed by atoms with Gasteiger partial charge in [0.2, 0.25) is 0 Å². The van der Waals surface area contributed by atoms with E-state index < -0.39 is 0 Å². The van der Waals surface area contributed by atoms with Crippen LogP contribution >= 0.6 is 12.2 Å². The molecule has 22 heavy (non-hydrogen) atoms. The Morgan fingerprint density at radius 1 is 1.36 bits per heavy atom. The fraction of sp³-hybridized carbons (Fsp3) is 0.500.